The van der Waals surface area contributed by atoms with Crippen molar-refractivity contribution in [1.82, 2.24) is 0 Å². The van der Waals surface area contributed by atoms with Crippen molar-refractivity contribution in [3.63, 3.8) is 0 Å². The molecule has 35 heavy (non-hydrogen) atoms. The van der Waals surface area contributed by atoms with Gasteiger partial charge in [-0.15, -0.1) is 11.3 Å². The fraction of sp³-hybridized carbons (Fsp3) is 0.321. The molecule has 2 aromatic carbocycles. The Balaban J connectivity index is 1.60. The summed E-state index contributed by atoms with van der Waals surface area (Å²) in [6, 6.07) is 14.7. The lowest BCUT2D eigenvalue weighted by atomic mass is 9.72. The van der Waals surface area contributed by atoms with Gasteiger partial charge in [-0.2, -0.15) is 0 Å². The minimum absolute atomic E-state index is 0.158. The van der Waals surface area contributed by atoms with Crippen LogP contribution in [0.3, 0.4) is 0 Å². The fourth-order valence-corrected chi connectivity index (χ4v) is 6.34. The number of hydrogen-bond acceptors (Lipinski definition) is 4. The lowest BCUT2D eigenvalue weighted by Gasteiger charge is -2.33. The van der Waals surface area contributed by atoms with Crippen LogP contribution < -0.4 is 10.2 Å². The summed E-state index contributed by atoms with van der Waals surface area (Å²) in [5.74, 6) is 0.168. The first-order valence-corrected chi connectivity index (χ1v) is 13.0. The number of carbonyl (C=O) groups excluding carboxylic acids is 2. The number of para-hydroxylation sites is 1. The van der Waals surface area contributed by atoms with E-state index in [4.69, 9.17) is 16.6 Å². The molecule has 2 aliphatic rings. The van der Waals surface area contributed by atoms with Crippen molar-refractivity contribution >= 4 is 56.8 Å². The van der Waals surface area contributed by atoms with Crippen molar-refractivity contribution in [2.24, 2.45) is 16.3 Å². The van der Waals surface area contributed by atoms with Crippen molar-refractivity contribution in [2.45, 2.75) is 40.0 Å². The van der Waals surface area contributed by atoms with E-state index in [9.17, 15) is 9.59 Å². The first-order chi connectivity index (χ1) is 16.6. The van der Waals surface area contributed by atoms with Gasteiger partial charge in [0.05, 0.1) is 11.3 Å². The minimum atomic E-state index is -0.203. The summed E-state index contributed by atoms with van der Waals surface area (Å²) < 4.78 is 0. The number of nitrogens with zero attached hydrogens (tertiary/aromatic N) is 2. The maximum absolute atomic E-state index is 13.6. The first kappa shape index (κ1) is 23.8. The monoisotopic (exact) mass is 505 g/mol. The van der Waals surface area contributed by atoms with Gasteiger partial charge in [-0.25, -0.2) is 4.99 Å². The molecule has 0 saturated carbocycles. The summed E-state index contributed by atoms with van der Waals surface area (Å²) in [6.45, 7) is 6.82. The predicted molar refractivity (Wildman–Crippen MR) is 145 cm³/mol. The quantitative estimate of drug-likeness (QED) is 0.420. The third-order valence-corrected chi connectivity index (χ3v) is 8.44. The molecule has 1 atom stereocenters. The highest BCUT2D eigenvalue weighted by atomic mass is 35.5. The zero-order chi connectivity index (χ0) is 24.9. The Kier molecular flexibility index (Phi) is 6.06. The summed E-state index contributed by atoms with van der Waals surface area (Å²) in [7, 11) is 1.76. The maximum Gasteiger partial charge on any atom is 0.277 e. The van der Waals surface area contributed by atoms with Gasteiger partial charge in [0.15, 0.2) is 0 Å². The van der Waals surface area contributed by atoms with Gasteiger partial charge in [0, 0.05) is 28.2 Å². The van der Waals surface area contributed by atoms with E-state index in [1.54, 1.807) is 47.5 Å². The molecule has 5 nitrogen and oxygen atoms in total. The van der Waals surface area contributed by atoms with Gasteiger partial charge in [0.25, 0.3) is 11.8 Å². The van der Waals surface area contributed by atoms with Crippen LogP contribution in [-0.4, -0.2) is 24.6 Å². The average molecular weight is 506 g/mol. The smallest absolute Gasteiger partial charge is 0.277 e. The first-order valence-electron chi connectivity index (χ1n) is 11.8. The van der Waals surface area contributed by atoms with Crippen LogP contribution in [0.25, 0.3) is 0 Å². The third kappa shape index (κ3) is 4.41. The van der Waals surface area contributed by atoms with Gasteiger partial charge in [-0.1, -0.05) is 50.6 Å². The van der Waals surface area contributed by atoms with Crippen molar-refractivity contribution in [3.8, 4) is 0 Å². The lowest BCUT2D eigenvalue weighted by molar-refractivity contribution is -0.111. The number of amides is 2. The summed E-state index contributed by atoms with van der Waals surface area (Å²) in [5.41, 5.74) is 4.51. The number of thiophene rings is 1. The SMILES string of the molecule is CN1C(=O)C(=Nc2sc3c(c2C(=O)Nc2ccc(Cl)cc2)CC[C@H](C(C)(C)C)C3)c2ccccc21. The molecule has 180 valence electrons. The normalized spacial score (nSPS) is 18.5. The average Bonchev–Trinajstić information content (AvgIpc) is 3.30. The van der Waals surface area contributed by atoms with Crippen LogP contribution in [0.15, 0.2) is 53.5 Å². The Morgan fingerprint density at radius 3 is 2.57 bits per heavy atom. The number of aliphatic imine (C=N–C) groups is 1. The number of benzene rings is 2. The fourth-order valence-electron chi connectivity index (χ4n) is 4.91. The zero-order valence-corrected chi connectivity index (χ0v) is 21.9. The van der Waals surface area contributed by atoms with Crippen molar-refractivity contribution in [3.05, 3.63) is 75.1 Å². The van der Waals surface area contributed by atoms with Crippen LogP contribution in [0.4, 0.5) is 16.4 Å². The standard InChI is InChI=1S/C28H28ClN3O2S/c1-28(2,3)16-9-14-20-22(15-16)35-26(23(20)25(33)30-18-12-10-17(29)11-13-18)31-24-19-7-5-6-8-21(19)32(4)27(24)34/h5-8,10-13,16H,9,14-15H2,1-4H3,(H,30,33)/t16-/m0/s1. The molecular formula is C28H28ClN3O2S. The summed E-state index contributed by atoms with van der Waals surface area (Å²) in [6.07, 6.45) is 2.77. The van der Waals surface area contributed by atoms with Crippen LogP contribution in [0.5, 0.6) is 0 Å². The molecule has 5 rings (SSSR count). The molecule has 2 heterocycles. The molecule has 0 unspecified atom stereocenters. The van der Waals surface area contributed by atoms with E-state index in [0.29, 0.717) is 32.9 Å². The number of halogens is 1. The Morgan fingerprint density at radius 1 is 1.14 bits per heavy atom. The molecule has 2 amide bonds. The van der Waals surface area contributed by atoms with Gasteiger partial charge in [-0.3, -0.25) is 9.59 Å². The molecule has 1 aliphatic carbocycles. The molecule has 0 fully saturated rings. The highest BCUT2D eigenvalue weighted by molar-refractivity contribution is 7.16. The summed E-state index contributed by atoms with van der Waals surface area (Å²) in [4.78, 5) is 34.4. The summed E-state index contributed by atoms with van der Waals surface area (Å²) in [5, 5.41) is 4.22. The number of fused-ring (bicyclic) bond motifs is 2. The van der Waals surface area contributed by atoms with E-state index in [2.05, 4.69) is 26.1 Å². The van der Waals surface area contributed by atoms with Crippen molar-refractivity contribution in [1.29, 1.82) is 0 Å². The van der Waals surface area contributed by atoms with E-state index in [1.165, 1.54) is 4.88 Å². The van der Waals surface area contributed by atoms with Gasteiger partial charge in [-0.05, 0) is 66.5 Å². The second-order valence-electron chi connectivity index (χ2n) is 10.3. The molecule has 0 spiro atoms. The number of carbonyl (C=O) groups is 2. The topological polar surface area (TPSA) is 61.8 Å². The molecular weight excluding hydrogens is 478 g/mol. The maximum atomic E-state index is 13.6. The Bertz CT molecular complexity index is 1350. The molecule has 3 aromatic rings. The van der Waals surface area contributed by atoms with E-state index in [1.807, 2.05) is 24.3 Å². The zero-order valence-electron chi connectivity index (χ0n) is 20.3. The summed E-state index contributed by atoms with van der Waals surface area (Å²) >= 11 is 7.56. The van der Waals surface area contributed by atoms with Gasteiger partial charge in [0.1, 0.15) is 10.7 Å². The van der Waals surface area contributed by atoms with Crippen LogP contribution in [0.2, 0.25) is 5.02 Å². The third-order valence-electron chi connectivity index (χ3n) is 7.04. The van der Waals surface area contributed by atoms with Crippen LogP contribution in [0.1, 0.15) is 53.6 Å². The Morgan fingerprint density at radius 2 is 1.86 bits per heavy atom. The number of hydrogen-bond donors (Lipinski definition) is 1. The molecule has 1 N–H and O–H groups in total. The second-order valence-corrected chi connectivity index (χ2v) is 11.8. The highest BCUT2D eigenvalue weighted by Crippen LogP contribution is 2.46. The number of nitrogens with one attached hydrogen (secondary N) is 1. The second kappa shape index (κ2) is 8.92. The van der Waals surface area contributed by atoms with E-state index in [0.717, 1.165) is 36.1 Å². The van der Waals surface area contributed by atoms with Crippen LogP contribution in [-0.2, 0) is 17.6 Å². The molecule has 7 heteroatoms. The Labute approximate surface area is 214 Å². The molecule has 1 aromatic heterocycles. The van der Waals surface area contributed by atoms with Gasteiger partial charge < -0.3 is 10.2 Å². The predicted octanol–water partition coefficient (Wildman–Crippen LogP) is 6.90. The van der Waals surface area contributed by atoms with Crippen LogP contribution >= 0.6 is 22.9 Å². The number of anilines is 2. The minimum Gasteiger partial charge on any atom is -0.322 e. The number of rotatable bonds is 3. The van der Waals surface area contributed by atoms with Crippen LogP contribution in [0, 0.1) is 11.3 Å². The lowest BCUT2D eigenvalue weighted by Crippen LogP contribution is -2.27. The van der Waals surface area contributed by atoms with E-state index < -0.39 is 0 Å². The van der Waals surface area contributed by atoms with Gasteiger partial charge >= 0.3 is 0 Å². The number of likely N-dealkylation sites (N-methyl/N-ethyl adjacent to an activating group) is 1. The molecule has 0 bridgehead atoms. The highest BCUT2D eigenvalue weighted by Gasteiger charge is 2.36. The van der Waals surface area contributed by atoms with E-state index in [-0.39, 0.29) is 17.2 Å². The van der Waals surface area contributed by atoms with Gasteiger partial charge in [0.2, 0.25) is 0 Å². The molecule has 0 radical (unpaired) electrons. The van der Waals surface area contributed by atoms with Crippen molar-refractivity contribution < 1.29 is 9.59 Å². The largest absolute Gasteiger partial charge is 0.322 e. The Hall–Kier alpha value is -2.96. The molecule has 0 saturated heterocycles. The van der Waals surface area contributed by atoms with Crippen molar-refractivity contribution in [2.75, 3.05) is 17.3 Å². The van der Waals surface area contributed by atoms with E-state index >= 15 is 0 Å². The molecule has 1 aliphatic heterocycles.